The van der Waals surface area contributed by atoms with E-state index in [1.807, 2.05) is 36.4 Å². The third-order valence-corrected chi connectivity index (χ3v) is 2.56. The van der Waals surface area contributed by atoms with E-state index >= 15 is 0 Å². The second-order valence-electron chi connectivity index (χ2n) is 3.98. The van der Waals surface area contributed by atoms with Gasteiger partial charge in [-0.25, -0.2) is 4.68 Å². The molecule has 0 amide bonds. The maximum absolute atomic E-state index is 5.68. The van der Waals surface area contributed by atoms with Crippen LogP contribution in [0, 0.1) is 0 Å². The largest absolute Gasteiger partial charge is 0.423 e. The predicted octanol–water partition coefficient (Wildman–Crippen LogP) is 2.64. The summed E-state index contributed by atoms with van der Waals surface area (Å²) in [5, 5.41) is 4.25. The van der Waals surface area contributed by atoms with Crippen molar-refractivity contribution in [3.8, 4) is 17.4 Å². The standard InChI is InChI=1S/C14H12N4O/c15-11-5-4-8-13(9-11)19-14-16-10-18(17-14)12-6-2-1-3-7-12/h1-10H,15H2. The van der Waals surface area contributed by atoms with Crippen LogP contribution in [0.4, 0.5) is 5.69 Å². The fraction of sp³-hybridized carbons (Fsp3) is 0. The van der Waals surface area contributed by atoms with Gasteiger partial charge >= 0.3 is 6.01 Å². The zero-order valence-corrected chi connectivity index (χ0v) is 10.1. The van der Waals surface area contributed by atoms with Gasteiger partial charge in [0.15, 0.2) is 0 Å². The van der Waals surface area contributed by atoms with Crippen LogP contribution in [0.3, 0.4) is 0 Å². The zero-order valence-electron chi connectivity index (χ0n) is 10.1. The number of aromatic nitrogens is 3. The Bertz CT molecular complexity index is 679. The maximum atomic E-state index is 5.68. The minimum atomic E-state index is 0.287. The summed E-state index contributed by atoms with van der Waals surface area (Å²) in [4.78, 5) is 4.11. The van der Waals surface area contributed by atoms with Gasteiger partial charge in [0.2, 0.25) is 0 Å². The molecule has 0 atom stereocenters. The monoisotopic (exact) mass is 252 g/mol. The van der Waals surface area contributed by atoms with Crippen molar-refractivity contribution in [1.29, 1.82) is 0 Å². The van der Waals surface area contributed by atoms with E-state index in [0.717, 1.165) is 5.69 Å². The Hall–Kier alpha value is -2.82. The fourth-order valence-electron chi connectivity index (χ4n) is 1.68. The molecule has 0 bridgehead atoms. The van der Waals surface area contributed by atoms with Gasteiger partial charge in [0, 0.05) is 11.8 Å². The molecule has 0 radical (unpaired) electrons. The summed E-state index contributed by atoms with van der Waals surface area (Å²) in [5.41, 5.74) is 7.25. The van der Waals surface area contributed by atoms with Gasteiger partial charge in [0.05, 0.1) is 5.69 Å². The van der Waals surface area contributed by atoms with Crippen molar-refractivity contribution in [3.63, 3.8) is 0 Å². The molecule has 0 aliphatic rings. The average molecular weight is 252 g/mol. The highest BCUT2D eigenvalue weighted by atomic mass is 16.5. The van der Waals surface area contributed by atoms with Gasteiger partial charge in [-0.15, -0.1) is 5.10 Å². The lowest BCUT2D eigenvalue weighted by molar-refractivity contribution is 0.441. The van der Waals surface area contributed by atoms with Gasteiger partial charge in [-0.3, -0.25) is 0 Å². The van der Waals surface area contributed by atoms with E-state index in [4.69, 9.17) is 10.5 Å². The first kappa shape index (κ1) is 11.3. The van der Waals surface area contributed by atoms with Crippen LogP contribution in [0.2, 0.25) is 0 Å². The Morgan fingerprint density at radius 3 is 2.63 bits per heavy atom. The third kappa shape index (κ3) is 2.55. The molecule has 5 nitrogen and oxygen atoms in total. The van der Waals surface area contributed by atoms with Gasteiger partial charge in [-0.2, -0.15) is 4.98 Å². The molecule has 19 heavy (non-hydrogen) atoms. The lowest BCUT2D eigenvalue weighted by Crippen LogP contribution is -1.94. The first-order valence-corrected chi connectivity index (χ1v) is 5.82. The predicted molar refractivity (Wildman–Crippen MR) is 72.3 cm³/mol. The number of anilines is 1. The van der Waals surface area contributed by atoms with Crippen molar-refractivity contribution in [2.75, 3.05) is 5.73 Å². The van der Waals surface area contributed by atoms with Crippen LogP contribution in [-0.2, 0) is 0 Å². The van der Waals surface area contributed by atoms with Crippen molar-refractivity contribution in [2.45, 2.75) is 0 Å². The number of nitrogen functional groups attached to an aromatic ring is 1. The molecule has 0 aliphatic carbocycles. The second-order valence-corrected chi connectivity index (χ2v) is 3.98. The fourth-order valence-corrected chi connectivity index (χ4v) is 1.68. The van der Waals surface area contributed by atoms with Crippen molar-refractivity contribution in [3.05, 3.63) is 60.9 Å². The van der Waals surface area contributed by atoms with Crippen LogP contribution in [0.1, 0.15) is 0 Å². The molecule has 1 heterocycles. The molecule has 3 aromatic rings. The number of ether oxygens (including phenoxy) is 1. The number of hydrogen-bond acceptors (Lipinski definition) is 4. The summed E-state index contributed by atoms with van der Waals surface area (Å²) in [6.45, 7) is 0. The molecule has 2 N–H and O–H groups in total. The van der Waals surface area contributed by atoms with Gasteiger partial charge < -0.3 is 10.5 Å². The quantitative estimate of drug-likeness (QED) is 0.728. The Morgan fingerprint density at radius 1 is 1.00 bits per heavy atom. The summed E-state index contributed by atoms with van der Waals surface area (Å²) >= 11 is 0. The van der Waals surface area contributed by atoms with E-state index in [9.17, 15) is 0 Å². The van der Waals surface area contributed by atoms with Crippen LogP contribution >= 0.6 is 0 Å². The van der Waals surface area contributed by atoms with E-state index in [1.165, 1.54) is 0 Å². The first-order valence-electron chi connectivity index (χ1n) is 5.82. The number of para-hydroxylation sites is 1. The highest BCUT2D eigenvalue weighted by molar-refractivity contribution is 5.44. The minimum absolute atomic E-state index is 0.287. The Balaban J connectivity index is 1.82. The van der Waals surface area contributed by atoms with Crippen LogP contribution < -0.4 is 10.5 Å². The maximum Gasteiger partial charge on any atom is 0.341 e. The zero-order chi connectivity index (χ0) is 13.1. The molecule has 1 aromatic heterocycles. The lowest BCUT2D eigenvalue weighted by atomic mass is 10.3. The molecular weight excluding hydrogens is 240 g/mol. The van der Waals surface area contributed by atoms with Crippen molar-refractivity contribution in [1.82, 2.24) is 14.8 Å². The van der Waals surface area contributed by atoms with Crippen molar-refractivity contribution in [2.24, 2.45) is 0 Å². The summed E-state index contributed by atoms with van der Waals surface area (Å²) in [7, 11) is 0. The van der Waals surface area contributed by atoms with Crippen LogP contribution in [0.5, 0.6) is 11.8 Å². The molecule has 0 saturated heterocycles. The minimum Gasteiger partial charge on any atom is -0.423 e. The number of rotatable bonds is 3. The van der Waals surface area contributed by atoms with Gasteiger partial charge in [-0.05, 0) is 24.3 Å². The van der Waals surface area contributed by atoms with Crippen LogP contribution in [0.15, 0.2) is 60.9 Å². The molecular formula is C14H12N4O. The van der Waals surface area contributed by atoms with Crippen LogP contribution in [-0.4, -0.2) is 14.8 Å². The molecule has 94 valence electrons. The topological polar surface area (TPSA) is 66.0 Å². The van der Waals surface area contributed by atoms with E-state index in [-0.39, 0.29) is 6.01 Å². The summed E-state index contributed by atoms with van der Waals surface area (Å²) in [6.07, 6.45) is 1.61. The van der Waals surface area contributed by atoms with E-state index < -0.39 is 0 Å². The molecule has 0 unspecified atom stereocenters. The van der Waals surface area contributed by atoms with E-state index in [1.54, 1.807) is 29.2 Å². The molecule has 0 spiro atoms. The third-order valence-electron chi connectivity index (χ3n) is 2.56. The normalized spacial score (nSPS) is 10.3. The van der Waals surface area contributed by atoms with Crippen molar-refractivity contribution >= 4 is 5.69 Å². The smallest absolute Gasteiger partial charge is 0.341 e. The number of benzene rings is 2. The molecule has 2 aromatic carbocycles. The molecule has 3 rings (SSSR count). The summed E-state index contributed by atoms with van der Waals surface area (Å²) < 4.78 is 7.19. The van der Waals surface area contributed by atoms with Crippen LogP contribution in [0.25, 0.3) is 5.69 Å². The molecule has 0 fully saturated rings. The Morgan fingerprint density at radius 2 is 1.84 bits per heavy atom. The number of hydrogen-bond donors (Lipinski definition) is 1. The Labute approximate surface area is 110 Å². The first-order chi connectivity index (χ1) is 9.31. The van der Waals surface area contributed by atoms with Gasteiger partial charge in [0.25, 0.3) is 0 Å². The highest BCUT2D eigenvalue weighted by Gasteiger charge is 2.04. The lowest BCUT2D eigenvalue weighted by Gasteiger charge is -2.01. The van der Waals surface area contributed by atoms with E-state index in [2.05, 4.69) is 10.1 Å². The molecule has 5 heteroatoms. The number of nitrogens with zero attached hydrogens (tertiary/aromatic N) is 3. The van der Waals surface area contributed by atoms with Gasteiger partial charge in [0.1, 0.15) is 12.1 Å². The molecule has 0 aliphatic heterocycles. The second kappa shape index (κ2) is 4.81. The van der Waals surface area contributed by atoms with Crippen molar-refractivity contribution < 1.29 is 4.74 Å². The molecule has 0 saturated carbocycles. The summed E-state index contributed by atoms with van der Waals surface area (Å²) in [6, 6.07) is 17.1. The van der Waals surface area contributed by atoms with Gasteiger partial charge in [-0.1, -0.05) is 24.3 Å². The highest BCUT2D eigenvalue weighted by Crippen LogP contribution is 2.20. The average Bonchev–Trinajstić information content (AvgIpc) is 2.88. The summed E-state index contributed by atoms with van der Waals surface area (Å²) in [5.74, 6) is 0.616. The van der Waals surface area contributed by atoms with E-state index in [0.29, 0.717) is 11.4 Å². The number of nitrogens with two attached hydrogens (primary N) is 1. The Kier molecular flexibility index (Phi) is 2.86. The SMILES string of the molecule is Nc1cccc(Oc2ncn(-c3ccccc3)n2)c1.